The molecule has 0 bridgehead atoms. The van der Waals surface area contributed by atoms with E-state index in [1.807, 2.05) is 55.5 Å². The minimum absolute atomic E-state index is 0.258. The Bertz CT molecular complexity index is 957. The van der Waals surface area contributed by atoms with Gasteiger partial charge in [-0.25, -0.2) is 0 Å². The van der Waals surface area contributed by atoms with Gasteiger partial charge in [0.25, 0.3) is 11.1 Å². The number of carbonyl (C=O) groups is 3. The van der Waals surface area contributed by atoms with Crippen molar-refractivity contribution in [2.75, 3.05) is 6.54 Å². The number of benzene rings is 2. The van der Waals surface area contributed by atoms with Crippen LogP contribution in [0.1, 0.15) is 31.4 Å². The highest BCUT2D eigenvalue weighted by atomic mass is 32.2. The quantitative estimate of drug-likeness (QED) is 0.453. The molecular weight excluding hydrogens is 402 g/mol. The SMILES string of the molecule is CC[C@@H](C)OC(=O)CN1C(=O)S/C(=C/c2cccc(OCc3ccccc3)c2)C1=O. The van der Waals surface area contributed by atoms with Gasteiger partial charge in [-0.05, 0) is 54.4 Å². The van der Waals surface area contributed by atoms with E-state index in [0.717, 1.165) is 27.8 Å². The van der Waals surface area contributed by atoms with E-state index in [1.165, 1.54) is 0 Å². The summed E-state index contributed by atoms with van der Waals surface area (Å²) in [5.74, 6) is -0.435. The van der Waals surface area contributed by atoms with Gasteiger partial charge < -0.3 is 9.47 Å². The number of rotatable bonds is 8. The predicted molar refractivity (Wildman–Crippen MR) is 116 cm³/mol. The Morgan fingerprint density at radius 2 is 1.90 bits per heavy atom. The summed E-state index contributed by atoms with van der Waals surface area (Å²) < 4.78 is 11.0. The Labute approximate surface area is 179 Å². The van der Waals surface area contributed by atoms with Gasteiger partial charge >= 0.3 is 5.97 Å². The first-order valence-electron chi connectivity index (χ1n) is 9.68. The second kappa shape index (κ2) is 10.1. The third-order valence-corrected chi connectivity index (χ3v) is 5.38. The van der Waals surface area contributed by atoms with E-state index < -0.39 is 17.1 Å². The van der Waals surface area contributed by atoms with Crippen molar-refractivity contribution in [2.45, 2.75) is 33.0 Å². The highest BCUT2D eigenvalue weighted by Gasteiger charge is 2.36. The summed E-state index contributed by atoms with van der Waals surface area (Å²) in [5, 5.41) is -0.483. The third kappa shape index (κ3) is 5.73. The first kappa shape index (κ1) is 21.6. The van der Waals surface area contributed by atoms with Crippen molar-refractivity contribution in [3.05, 3.63) is 70.6 Å². The fourth-order valence-corrected chi connectivity index (χ4v) is 3.54. The topological polar surface area (TPSA) is 72.9 Å². The number of hydrogen-bond donors (Lipinski definition) is 0. The molecule has 0 unspecified atom stereocenters. The van der Waals surface area contributed by atoms with Gasteiger partial charge in [0.1, 0.15) is 18.9 Å². The number of carbonyl (C=O) groups excluding carboxylic acids is 3. The summed E-state index contributed by atoms with van der Waals surface area (Å²) in [6, 6.07) is 17.1. The lowest BCUT2D eigenvalue weighted by molar-refractivity contribution is -0.150. The number of esters is 1. The van der Waals surface area contributed by atoms with Crippen LogP contribution in [0.4, 0.5) is 4.79 Å². The molecule has 0 aliphatic carbocycles. The van der Waals surface area contributed by atoms with Crippen molar-refractivity contribution in [1.82, 2.24) is 4.90 Å². The molecule has 2 amide bonds. The summed E-state index contributed by atoms with van der Waals surface area (Å²) >= 11 is 0.809. The van der Waals surface area contributed by atoms with E-state index in [4.69, 9.17) is 9.47 Å². The minimum Gasteiger partial charge on any atom is -0.489 e. The highest BCUT2D eigenvalue weighted by molar-refractivity contribution is 8.18. The van der Waals surface area contributed by atoms with E-state index in [2.05, 4.69) is 0 Å². The van der Waals surface area contributed by atoms with Crippen molar-refractivity contribution in [2.24, 2.45) is 0 Å². The summed E-state index contributed by atoms with van der Waals surface area (Å²) in [4.78, 5) is 37.9. The molecular formula is C23H23NO5S. The number of ether oxygens (including phenoxy) is 2. The molecule has 0 spiro atoms. The van der Waals surface area contributed by atoms with Crippen LogP contribution in [-0.2, 0) is 20.9 Å². The fraction of sp³-hybridized carbons (Fsp3) is 0.261. The average molecular weight is 426 g/mol. The second-order valence-corrected chi connectivity index (χ2v) is 7.82. The molecule has 1 atom stereocenters. The van der Waals surface area contributed by atoms with Crippen LogP contribution in [0, 0.1) is 0 Å². The van der Waals surface area contributed by atoms with E-state index in [-0.39, 0.29) is 17.6 Å². The zero-order valence-electron chi connectivity index (χ0n) is 16.9. The molecule has 2 aromatic carbocycles. The molecule has 30 heavy (non-hydrogen) atoms. The van der Waals surface area contributed by atoms with Gasteiger partial charge in [-0.15, -0.1) is 0 Å². The molecule has 0 N–H and O–H groups in total. The van der Waals surface area contributed by atoms with Crippen molar-refractivity contribution in [3.8, 4) is 5.75 Å². The van der Waals surface area contributed by atoms with Crippen LogP contribution in [0.3, 0.4) is 0 Å². The molecule has 0 aromatic heterocycles. The van der Waals surface area contributed by atoms with Crippen LogP contribution in [0.2, 0.25) is 0 Å². The van der Waals surface area contributed by atoms with Crippen LogP contribution in [0.15, 0.2) is 59.5 Å². The van der Waals surface area contributed by atoms with E-state index in [1.54, 1.807) is 19.1 Å². The number of thioether (sulfide) groups is 1. The first-order valence-corrected chi connectivity index (χ1v) is 10.5. The number of hydrogen-bond acceptors (Lipinski definition) is 6. The molecule has 7 heteroatoms. The smallest absolute Gasteiger partial charge is 0.326 e. The second-order valence-electron chi connectivity index (χ2n) is 6.82. The van der Waals surface area contributed by atoms with Gasteiger partial charge in [-0.1, -0.05) is 49.4 Å². The van der Waals surface area contributed by atoms with Gasteiger partial charge in [-0.3, -0.25) is 19.3 Å². The van der Waals surface area contributed by atoms with Crippen LogP contribution in [0.5, 0.6) is 5.75 Å². The lowest BCUT2D eigenvalue weighted by Crippen LogP contribution is -2.35. The monoisotopic (exact) mass is 425 g/mol. The van der Waals surface area contributed by atoms with E-state index >= 15 is 0 Å². The van der Waals surface area contributed by atoms with Gasteiger partial charge in [0.2, 0.25) is 0 Å². The standard InChI is InChI=1S/C23H23NO5S/c1-3-16(2)29-21(25)14-24-22(26)20(30-23(24)27)13-18-10-7-11-19(12-18)28-15-17-8-5-4-6-9-17/h4-13,16H,3,14-15H2,1-2H3/b20-13+/t16-/m1/s1. The normalized spacial score (nSPS) is 16.1. The molecule has 1 aliphatic rings. The minimum atomic E-state index is -0.593. The fourth-order valence-electron chi connectivity index (χ4n) is 2.70. The van der Waals surface area contributed by atoms with Crippen molar-refractivity contribution >= 4 is 35.0 Å². The van der Waals surface area contributed by atoms with Crippen LogP contribution in [-0.4, -0.2) is 34.7 Å². The average Bonchev–Trinajstić information content (AvgIpc) is 3.00. The maximum atomic E-state index is 12.6. The van der Waals surface area contributed by atoms with Crippen LogP contribution < -0.4 is 4.74 Å². The van der Waals surface area contributed by atoms with Gasteiger partial charge in [0, 0.05) is 0 Å². The largest absolute Gasteiger partial charge is 0.489 e. The maximum absolute atomic E-state index is 12.6. The third-order valence-electron chi connectivity index (χ3n) is 4.47. The van der Waals surface area contributed by atoms with E-state index in [0.29, 0.717) is 18.8 Å². The van der Waals surface area contributed by atoms with Crippen LogP contribution >= 0.6 is 11.8 Å². The number of amides is 2. The number of imide groups is 1. The van der Waals surface area contributed by atoms with Crippen LogP contribution in [0.25, 0.3) is 6.08 Å². The molecule has 6 nitrogen and oxygen atoms in total. The zero-order valence-corrected chi connectivity index (χ0v) is 17.7. The first-order chi connectivity index (χ1) is 14.5. The Morgan fingerprint density at radius 1 is 1.13 bits per heavy atom. The molecule has 1 saturated heterocycles. The molecule has 2 aromatic rings. The molecule has 0 saturated carbocycles. The lowest BCUT2D eigenvalue weighted by Gasteiger charge is -2.14. The molecule has 1 fully saturated rings. The van der Waals surface area contributed by atoms with Gasteiger partial charge in [0.05, 0.1) is 11.0 Å². The lowest BCUT2D eigenvalue weighted by atomic mass is 10.2. The Kier molecular flexibility index (Phi) is 7.30. The van der Waals surface area contributed by atoms with Crippen molar-refractivity contribution in [1.29, 1.82) is 0 Å². The Morgan fingerprint density at radius 3 is 2.63 bits per heavy atom. The summed E-state index contributed by atoms with van der Waals surface area (Å²) in [7, 11) is 0. The maximum Gasteiger partial charge on any atom is 0.326 e. The summed E-state index contributed by atoms with van der Waals surface area (Å²) in [5.41, 5.74) is 1.78. The zero-order chi connectivity index (χ0) is 21.5. The van der Waals surface area contributed by atoms with Crippen molar-refractivity contribution < 1.29 is 23.9 Å². The number of nitrogens with zero attached hydrogens (tertiary/aromatic N) is 1. The van der Waals surface area contributed by atoms with Crippen molar-refractivity contribution in [3.63, 3.8) is 0 Å². The molecule has 0 radical (unpaired) electrons. The Balaban J connectivity index is 1.65. The molecule has 1 heterocycles. The highest BCUT2D eigenvalue weighted by Crippen LogP contribution is 2.32. The molecule has 3 rings (SSSR count). The summed E-state index contributed by atoms with van der Waals surface area (Å²) in [6.07, 6.45) is 2.03. The molecule has 156 valence electrons. The molecule has 1 aliphatic heterocycles. The van der Waals surface area contributed by atoms with Gasteiger partial charge in [-0.2, -0.15) is 0 Å². The predicted octanol–water partition coefficient (Wildman–Crippen LogP) is 4.64. The Hall–Kier alpha value is -3.06. The summed E-state index contributed by atoms with van der Waals surface area (Å²) in [6.45, 7) is 3.70. The van der Waals surface area contributed by atoms with Gasteiger partial charge in [0.15, 0.2) is 0 Å². The van der Waals surface area contributed by atoms with E-state index in [9.17, 15) is 14.4 Å².